The Morgan fingerprint density at radius 3 is 1.79 bits per heavy atom. The van der Waals surface area contributed by atoms with E-state index < -0.39 is 7.44 Å². The summed E-state index contributed by atoms with van der Waals surface area (Å²) in [6, 6.07) is 24.1. The van der Waals surface area contributed by atoms with Gasteiger partial charge in [0.05, 0.1) is 25.2 Å². The molecule has 1 heterocycles. The van der Waals surface area contributed by atoms with Crippen LogP contribution in [0.1, 0.15) is 44.4 Å². The summed E-state index contributed by atoms with van der Waals surface area (Å²) in [5.41, 5.74) is 5.00. The summed E-state index contributed by atoms with van der Waals surface area (Å²) in [4.78, 5) is 0. The normalized spacial score (nSPS) is 17.8. The highest BCUT2D eigenvalue weighted by Crippen LogP contribution is 2.58. The number of hydrogen-bond donors (Lipinski definition) is 1. The Balaban J connectivity index is 2.10. The first kappa shape index (κ1) is 24.1. The van der Waals surface area contributed by atoms with Crippen LogP contribution in [0.25, 0.3) is 11.3 Å². The van der Waals surface area contributed by atoms with E-state index in [1.807, 2.05) is 68.4 Å². The lowest BCUT2D eigenvalue weighted by atomic mass is 9.92. The molecule has 0 amide bonds. The molecule has 0 aliphatic carbocycles. The van der Waals surface area contributed by atoms with Crippen molar-refractivity contribution in [2.45, 2.75) is 39.8 Å². The van der Waals surface area contributed by atoms with Gasteiger partial charge < -0.3 is 14.1 Å². The fraction of sp³-hybridized carbons (Fsp3) is 0.286. The first-order valence-corrected chi connectivity index (χ1v) is 13.3. The molecule has 1 unspecified atom stereocenters. The highest BCUT2D eigenvalue weighted by molar-refractivity contribution is 7.68. The topological polar surface area (TPSA) is 50.8 Å². The SMILES string of the molecule is COc1ccc(C2=C(c3ccc(OC)cc3)N(C(C)C)P(=O)(NC(C)C)c3ccccc32)cc1. The van der Waals surface area contributed by atoms with Crippen molar-refractivity contribution in [2.24, 2.45) is 0 Å². The predicted molar refractivity (Wildman–Crippen MR) is 141 cm³/mol. The smallest absolute Gasteiger partial charge is 0.267 e. The fourth-order valence-electron chi connectivity index (χ4n) is 4.59. The van der Waals surface area contributed by atoms with E-state index in [0.717, 1.165) is 44.8 Å². The van der Waals surface area contributed by atoms with Crippen LogP contribution in [0.5, 0.6) is 11.5 Å². The molecule has 1 N–H and O–H groups in total. The molecular formula is C28H33N2O3P. The molecule has 3 aromatic rings. The third-order valence-corrected chi connectivity index (χ3v) is 9.11. The van der Waals surface area contributed by atoms with Crippen LogP contribution >= 0.6 is 7.44 Å². The summed E-state index contributed by atoms with van der Waals surface area (Å²) in [6.07, 6.45) is 0. The zero-order chi connectivity index (χ0) is 24.5. The molecule has 0 radical (unpaired) electrons. The second kappa shape index (κ2) is 9.69. The van der Waals surface area contributed by atoms with E-state index in [4.69, 9.17) is 9.47 Å². The molecular weight excluding hydrogens is 443 g/mol. The van der Waals surface area contributed by atoms with Crippen LogP contribution in [-0.2, 0) is 4.57 Å². The lowest BCUT2D eigenvalue weighted by molar-refractivity contribution is 0.414. The van der Waals surface area contributed by atoms with E-state index in [1.165, 1.54) is 0 Å². The van der Waals surface area contributed by atoms with Crippen molar-refractivity contribution in [2.75, 3.05) is 14.2 Å². The van der Waals surface area contributed by atoms with Gasteiger partial charge in [0.2, 0.25) is 0 Å². The Bertz CT molecular complexity index is 1230. The zero-order valence-electron chi connectivity index (χ0n) is 20.7. The van der Waals surface area contributed by atoms with E-state index in [-0.39, 0.29) is 12.1 Å². The van der Waals surface area contributed by atoms with Crippen LogP contribution in [0.3, 0.4) is 0 Å². The van der Waals surface area contributed by atoms with E-state index in [2.05, 4.69) is 41.8 Å². The second-order valence-corrected chi connectivity index (χ2v) is 11.3. The van der Waals surface area contributed by atoms with Gasteiger partial charge in [0, 0.05) is 17.7 Å². The highest BCUT2D eigenvalue weighted by atomic mass is 31.2. The molecule has 3 aromatic carbocycles. The predicted octanol–water partition coefficient (Wildman–Crippen LogP) is 6.16. The summed E-state index contributed by atoms with van der Waals surface area (Å²) < 4.78 is 27.9. The van der Waals surface area contributed by atoms with Crippen molar-refractivity contribution >= 4 is 24.0 Å². The average Bonchev–Trinajstić information content (AvgIpc) is 2.83. The van der Waals surface area contributed by atoms with Gasteiger partial charge in [-0.3, -0.25) is 4.57 Å². The minimum Gasteiger partial charge on any atom is -0.497 e. The number of ether oxygens (including phenoxy) is 2. The highest BCUT2D eigenvalue weighted by Gasteiger charge is 2.44. The lowest BCUT2D eigenvalue weighted by Gasteiger charge is -2.45. The van der Waals surface area contributed by atoms with Gasteiger partial charge in [0.25, 0.3) is 7.44 Å². The first-order chi connectivity index (χ1) is 16.3. The molecule has 1 aliphatic rings. The Morgan fingerprint density at radius 1 is 0.765 bits per heavy atom. The number of rotatable bonds is 7. The van der Waals surface area contributed by atoms with Gasteiger partial charge in [0.15, 0.2) is 0 Å². The maximum Gasteiger partial charge on any atom is 0.267 e. The molecule has 1 atom stereocenters. The molecule has 34 heavy (non-hydrogen) atoms. The number of nitrogens with one attached hydrogen (secondary N) is 1. The summed E-state index contributed by atoms with van der Waals surface area (Å²) in [7, 11) is 0.160. The van der Waals surface area contributed by atoms with Gasteiger partial charge in [-0.15, -0.1) is 0 Å². The summed E-state index contributed by atoms with van der Waals surface area (Å²) in [5.74, 6) is 1.58. The maximum atomic E-state index is 15.0. The monoisotopic (exact) mass is 476 g/mol. The Morgan fingerprint density at radius 2 is 1.29 bits per heavy atom. The standard InChI is InChI=1S/C28H33N2O3P/c1-19(2)29-34(31)26-10-8-7-9-25(26)27(21-11-15-23(32-5)16-12-21)28(30(34)20(3)4)22-13-17-24(33-6)18-14-22/h7-20H,1-6H3,(H,29,31). The molecule has 0 bridgehead atoms. The molecule has 0 fully saturated rings. The van der Waals surface area contributed by atoms with E-state index in [9.17, 15) is 4.57 Å². The van der Waals surface area contributed by atoms with Gasteiger partial charge in [-0.05, 0) is 86.8 Å². The van der Waals surface area contributed by atoms with Crippen LogP contribution in [0, 0.1) is 0 Å². The number of hydrogen-bond acceptors (Lipinski definition) is 3. The second-order valence-electron chi connectivity index (χ2n) is 9.00. The molecule has 1 aliphatic heterocycles. The van der Waals surface area contributed by atoms with E-state index in [0.29, 0.717) is 0 Å². The lowest BCUT2D eigenvalue weighted by Crippen LogP contribution is -2.43. The minimum atomic E-state index is -3.17. The van der Waals surface area contributed by atoms with Crippen LogP contribution in [0.15, 0.2) is 72.8 Å². The van der Waals surface area contributed by atoms with Gasteiger partial charge in [-0.2, -0.15) is 0 Å². The van der Waals surface area contributed by atoms with Crippen molar-refractivity contribution in [3.8, 4) is 11.5 Å². The maximum absolute atomic E-state index is 15.0. The molecule has 0 saturated carbocycles. The molecule has 178 valence electrons. The molecule has 0 saturated heterocycles. The molecule has 5 nitrogen and oxygen atoms in total. The number of fused-ring (bicyclic) bond motifs is 1. The third-order valence-electron chi connectivity index (χ3n) is 5.93. The van der Waals surface area contributed by atoms with Crippen LogP contribution in [0.4, 0.5) is 0 Å². The van der Waals surface area contributed by atoms with Gasteiger partial charge in [-0.25, -0.2) is 5.09 Å². The molecule has 4 rings (SSSR count). The molecule has 6 heteroatoms. The van der Waals surface area contributed by atoms with Gasteiger partial charge in [0.1, 0.15) is 11.5 Å². The quantitative estimate of drug-likeness (QED) is 0.414. The van der Waals surface area contributed by atoms with Crippen molar-refractivity contribution in [3.05, 3.63) is 89.5 Å². The summed E-state index contributed by atoms with van der Waals surface area (Å²) in [6.45, 7) is 8.27. The Kier molecular flexibility index (Phi) is 6.88. The van der Waals surface area contributed by atoms with Crippen LogP contribution in [0.2, 0.25) is 0 Å². The van der Waals surface area contributed by atoms with E-state index >= 15 is 0 Å². The zero-order valence-corrected chi connectivity index (χ0v) is 21.6. The van der Waals surface area contributed by atoms with Crippen LogP contribution < -0.4 is 19.9 Å². The number of methoxy groups -OCH3 is 2. The van der Waals surface area contributed by atoms with Gasteiger partial charge in [-0.1, -0.05) is 30.3 Å². The fourth-order valence-corrected chi connectivity index (χ4v) is 7.73. The average molecular weight is 477 g/mol. The van der Waals surface area contributed by atoms with Crippen LogP contribution in [-0.4, -0.2) is 31.0 Å². The van der Waals surface area contributed by atoms with Crippen molar-refractivity contribution in [1.82, 2.24) is 9.76 Å². The van der Waals surface area contributed by atoms with Crippen molar-refractivity contribution < 1.29 is 14.0 Å². The first-order valence-electron chi connectivity index (χ1n) is 11.6. The van der Waals surface area contributed by atoms with Crippen molar-refractivity contribution in [1.29, 1.82) is 0 Å². The largest absolute Gasteiger partial charge is 0.497 e. The van der Waals surface area contributed by atoms with Crippen molar-refractivity contribution in [3.63, 3.8) is 0 Å². The molecule has 0 spiro atoms. The molecule has 0 aromatic heterocycles. The number of nitrogens with zero attached hydrogens (tertiary/aromatic N) is 1. The minimum absolute atomic E-state index is 0.0178. The van der Waals surface area contributed by atoms with Gasteiger partial charge >= 0.3 is 0 Å². The summed E-state index contributed by atoms with van der Waals surface area (Å²) >= 11 is 0. The number of benzene rings is 3. The van der Waals surface area contributed by atoms with E-state index in [1.54, 1.807) is 14.2 Å². The summed E-state index contributed by atoms with van der Waals surface area (Å²) in [5, 5.41) is 4.29. The Labute approximate surface area is 202 Å². The Hall–Kier alpha value is -3.01. The third kappa shape index (κ3) is 4.26.